The highest BCUT2D eigenvalue weighted by Gasteiger charge is 2.37. The number of nitrogens with one attached hydrogen (secondary N) is 1. The van der Waals surface area contributed by atoms with E-state index in [2.05, 4.69) is 5.32 Å². The zero-order chi connectivity index (χ0) is 21.5. The van der Waals surface area contributed by atoms with Crippen LogP contribution < -0.4 is 5.32 Å². The van der Waals surface area contributed by atoms with E-state index in [9.17, 15) is 19.2 Å². The fourth-order valence-corrected chi connectivity index (χ4v) is 3.31. The van der Waals surface area contributed by atoms with Gasteiger partial charge in [-0.25, -0.2) is 0 Å². The van der Waals surface area contributed by atoms with Gasteiger partial charge in [-0.2, -0.15) is 0 Å². The van der Waals surface area contributed by atoms with Crippen molar-refractivity contribution in [2.45, 2.75) is 0 Å². The van der Waals surface area contributed by atoms with Gasteiger partial charge in [0.2, 0.25) is 5.91 Å². The molecular formula is C19H14Cl3N3O4. The molecule has 0 saturated carbocycles. The third-order valence-corrected chi connectivity index (χ3v) is 5.25. The molecule has 3 rings (SSSR count). The van der Waals surface area contributed by atoms with Crippen molar-refractivity contribution in [3.05, 3.63) is 62.1 Å². The van der Waals surface area contributed by atoms with Gasteiger partial charge in [-0.3, -0.25) is 24.1 Å². The number of hydrogen-bond acceptors (Lipinski definition) is 4. The van der Waals surface area contributed by atoms with Crippen LogP contribution in [-0.4, -0.2) is 54.1 Å². The molecule has 0 atom stereocenters. The van der Waals surface area contributed by atoms with Crippen LogP contribution in [0.3, 0.4) is 0 Å². The van der Waals surface area contributed by atoms with E-state index in [1.165, 1.54) is 35.2 Å². The Morgan fingerprint density at radius 3 is 2.00 bits per heavy atom. The molecule has 0 fully saturated rings. The standard InChI is InChI=1S/C19H14Cl3N3O4/c1-24(2)17(27)12-5-9(3-4-13(12)20)23-16(26)8-25-18(28)10-6-14(21)15(22)7-11(10)19(25)29/h3-7H,8H2,1-2H3,(H,23,26). The largest absolute Gasteiger partial charge is 0.345 e. The van der Waals surface area contributed by atoms with Crippen molar-refractivity contribution in [3.8, 4) is 0 Å². The summed E-state index contributed by atoms with van der Waals surface area (Å²) in [5, 5.41) is 3.06. The number of amides is 4. The Labute approximate surface area is 181 Å². The van der Waals surface area contributed by atoms with Crippen LogP contribution >= 0.6 is 34.8 Å². The highest BCUT2D eigenvalue weighted by atomic mass is 35.5. The maximum absolute atomic E-state index is 12.5. The van der Waals surface area contributed by atoms with Gasteiger partial charge in [0.25, 0.3) is 17.7 Å². The van der Waals surface area contributed by atoms with Crippen molar-refractivity contribution in [2.75, 3.05) is 26.0 Å². The number of carbonyl (C=O) groups is 4. The molecule has 150 valence electrons. The third kappa shape index (κ3) is 4.07. The summed E-state index contributed by atoms with van der Waals surface area (Å²) in [5.41, 5.74) is 0.678. The molecule has 4 amide bonds. The lowest BCUT2D eigenvalue weighted by Gasteiger charge is -2.15. The first-order valence-electron chi connectivity index (χ1n) is 8.26. The summed E-state index contributed by atoms with van der Waals surface area (Å²) >= 11 is 17.9. The summed E-state index contributed by atoms with van der Waals surface area (Å²) in [6.45, 7) is -0.513. The highest BCUT2D eigenvalue weighted by molar-refractivity contribution is 6.43. The van der Waals surface area contributed by atoms with Crippen molar-refractivity contribution < 1.29 is 19.2 Å². The van der Waals surface area contributed by atoms with Crippen molar-refractivity contribution in [3.63, 3.8) is 0 Å². The zero-order valence-electron chi connectivity index (χ0n) is 15.3. The Kier molecular flexibility index (Phi) is 5.84. The van der Waals surface area contributed by atoms with Crippen LogP contribution in [0.25, 0.3) is 0 Å². The van der Waals surface area contributed by atoms with Gasteiger partial charge in [0.1, 0.15) is 6.54 Å². The fourth-order valence-electron chi connectivity index (χ4n) is 2.78. The van der Waals surface area contributed by atoms with Crippen molar-refractivity contribution in [1.82, 2.24) is 9.80 Å². The molecule has 0 radical (unpaired) electrons. The number of nitrogens with zero attached hydrogens (tertiary/aromatic N) is 2. The molecule has 0 unspecified atom stereocenters. The normalized spacial score (nSPS) is 12.8. The molecule has 0 aliphatic carbocycles. The number of benzene rings is 2. The number of anilines is 1. The third-order valence-electron chi connectivity index (χ3n) is 4.20. The molecule has 2 aromatic rings. The van der Waals surface area contributed by atoms with Crippen molar-refractivity contribution >= 4 is 64.1 Å². The number of carbonyl (C=O) groups excluding carboxylic acids is 4. The molecule has 1 aliphatic heterocycles. The van der Waals surface area contributed by atoms with Gasteiger partial charge in [0.05, 0.1) is 31.8 Å². The molecule has 0 spiro atoms. The number of halogens is 3. The quantitative estimate of drug-likeness (QED) is 0.715. The monoisotopic (exact) mass is 453 g/mol. The van der Waals surface area contributed by atoms with E-state index in [-0.39, 0.29) is 37.7 Å². The van der Waals surface area contributed by atoms with Gasteiger partial charge < -0.3 is 10.2 Å². The van der Waals surface area contributed by atoms with Crippen LogP contribution in [0.1, 0.15) is 31.1 Å². The van der Waals surface area contributed by atoms with E-state index in [0.717, 1.165) is 4.90 Å². The minimum atomic E-state index is -0.640. The first kappa shape index (κ1) is 21.1. The van der Waals surface area contributed by atoms with Gasteiger partial charge in [0, 0.05) is 19.8 Å². The lowest BCUT2D eigenvalue weighted by Crippen LogP contribution is -2.37. The van der Waals surface area contributed by atoms with Crippen LogP contribution in [-0.2, 0) is 4.79 Å². The van der Waals surface area contributed by atoms with Crippen molar-refractivity contribution in [1.29, 1.82) is 0 Å². The first-order valence-corrected chi connectivity index (χ1v) is 9.40. The molecule has 1 N–H and O–H groups in total. The summed E-state index contributed by atoms with van der Waals surface area (Å²) in [7, 11) is 3.15. The van der Waals surface area contributed by atoms with E-state index < -0.39 is 24.3 Å². The van der Waals surface area contributed by atoms with Gasteiger partial charge in [-0.05, 0) is 30.3 Å². The molecule has 2 aromatic carbocycles. The molecule has 1 aliphatic rings. The van der Waals surface area contributed by atoms with Gasteiger partial charge in [-0.15, -0.1) is 0 Å². The van der Waals surface area contributed by atoms with Gasteiger partial charge in [0.15, 0.2) is 0 Å². The van der Waals surface area contributed by atoms with Crippen LogP contribution in [0.4, 0.5) is 5.69 Å². The molecule has 0 bridgehead atoms. The second-order valence-corrected chi connectivity index (χ2v) is 7.67. The Balaban J connectivity index is 1.77. The molecule has 0 aromatic heterocycles. The predicted molar refractivity (Wildman–Crippen MR) is 110 cm³/mol. The SMILES string of the molecule is CN(C)C(=O)c1cc(NC(=O)CN2C(=O)c3cc(Cl)c(Cl)cc3C2=O)ccc1Cl. The molecule has 0 saturated heterocycles. The topological polar surface area (TPSA) is 86.8 Å². The van der Waals surface area contributed by atoms with Crippen LogP contribution in [0.5, 0.6) is 0 Å². The van der Waals surface area contributed by atoms with E-state index in [1.54, 1.807) is 14.1 Å². The fraction of sp³-hybridized carbons (Fsp3) is 0.158. The number of fused-ring (bicyclic) bond motifs is 1. The highest BCUT2D eigenvalue weighted by Crippen LogP contribution is 2.31. The van der Waals surface area contributed by atoms with E-state index in [4.69, 9.17) is 34.8 Å². The summed E-state index contributed by atoms with van der Waals surface area (Å²) in [4.78, 5) is 51.7. The Morgan fingerprint density at radius 2 is 1.48 bits per heavy atom. The summed E-state index contributed by atoms with van der Waals surface area (Å²) < 4.78 is 0. The van der Waals surface area contributed by atoms with E-state index in [1.807, 2.05) is 0 Å². The summed E-state index contributed by atoms with van der Waals surface area (Å²) in [6.07, 6.45) is 0. The second kappa shape index (κ2) is 8.02. The lowest BCUT2D eigenvalue weighted by atomic mass is 10.1. The predicted octanol–water partition coefficient (Wildman–Crippen LogP) is 3.58. The first-order chi connectivity index (χ1) is 13.6. The number of rotatable bonds is 4. The smallest absolute Gasteiger partial charge is 0.262 e. The maximum Gasteiger partial charge on any atom is 0.262 e. The van der Waals surface area contributed by atoms with Crippen LogP contribution in [0, 0.1) is 0 Å². The van der Waals surface area contributed by atoms with Gasteiger partial charge >= 0.3 is 0 Å². The molecule has 10 heteroatoms. The number of imide groups is 1. The Hall–Kier alpha value is -2.61. The summed E-state index contributed by atoms with van der Waals surface area (Å²) in [6, 6.07) is 7.00. The van der Waals surface area contributed by atoms with Crippen molar-refractivity contribution in [2.24, 2.45) is 0 Å². The Bertz CT molecular complexity index is 1030. The van der Waals surface area contributed by atoms with Gasteiger partial charge in [-0.1, -0.05) is 34.8 Å². The minimum absolute atomic E-state index is 0.0857. The minimum Gasteiger partial charge on any atom is -0.345 e. The molecule has 1 heterocycles. The summed E-state index contributed by atoms with van der Waals surface area (Å²) in [5.74, 6) is -2.24. The molecular weight excluding hydrogens is 441 g/mol. The van der Waals surface area contributed by atoms with E-state index >= 15 is 0 Å². The van der Waals surface area contributed by atoms with E-state index in [0.29, 0.717) is 5.69 Å². The molecule has 29 heavy (non-hydrogen) atoms. The zero-order valence-corrected chi connectivity index (χ0v) is 17.5. The van der Waals surface area contributed by atoms with Crippen LogP contribution in [0.2, 0.25) is 15.1 Å². The molecule has 7 nitrogen and oxygen atoms in total. The Morgan fingerprint density at radius 1 is 0.931 bits per heavy atom. The maximum atomic E-state index is 12.5. The average molecular weight is 455 g/mol. The second-order valence-electron chi connectivity index (χ2n) is 6.45. The lowest BCUT2D eigenvalue weighted by molar-refractivity contribution is -0.116. The van der Waals surface area contributed by atoms with Crippen LogP contribution in [0.15, 0.2) is 30.3 Å². The average Bonchev–Trinajstić information content (AvgIpc) is 2.87. The number of hydrogen-bond donors (Lipinski definition) is 1.